The van der Waals surface area contributed by atoms with Crippen LogP contribution in [-0.4, -0.2) is 41.2 Å². The minimum absolute atomic E-state index is 0.143. The molecular weight excluding hydrogens is 244 g/mol. The smallest absolute Gasteiger partial charge is 0.282 e. The van der Waals surface area contributed by atoms with E-state index in [1.807, 2.05) is 6.26 Å². The van der Waals surface area contributed by atoms with Crippen LogP contribution in [-0.2, 0) is 0 Å². The average molecular weight is 260 g/mol. The highest BCUT2D eigenvalue weighted by atomic mass is 32.2. The summed E-state index contributed by atoms with van der Waals surface area (Å²) in [5, 5.41) is 14.7. The number of amides is 1. The van der Waals surface area contributed by atoms with E-state index >= 15 is 0 Å². The van der Waals surface area contributed by atoms with E-state index in [1.165, 1.54) is 11.3 Å². The molecule has 0 fully saturated rings. The zero-order chi connectivity index (χ0) is 11.8. The average Bonchev–Trinajstić information content (AvgIpc) is 2.75. The van der Waals surface area contributed by atoms with Gasteiger partial charge in [-0.25, -0.2) is 0 Å². The maximum Gasteiger partial charge on any atom is 0.282 e. The number of hydrogen-bond acceptors (Lipinski definition) is 6. The first-order chi connectivity index (χ1) is 7.77. The van der Waals surface area contributed by atoms with Crippen molar-refractivity contribution >= 4 is 34.1 Å². The van der Waals surface area contributed by atoms with E-state index in [0.29, 0.717) is 16.7 Å². The Labute approximate surface area is 103 Å². The fraction of sp³-hybridized carbons (Fsp3) is 0.667. The summed E-state index contributed by atoms with van der Waals surface area (Å²) >= 11 is 2.98. The Hall–Kier alpha value is -0.820. The first-order valence-corrected chi connectivity index (χ1v) is 7.33. The van der Waals surface area contributed by atoms with Gasteiger partial charge in [-0.1, -0.05) is 18.3 Å². The Morgan fingerprint density at radius 3 is 2.94 bits per heavy atom. The molecule has 0 atom stereocenters. The molecule has 2 N–H and O–H groups in total. The second-order valence-electron chi connectivity index (χ2n) is 3.09. The number of thioether (sulfide) groups is 1. The van der Waals surface area contributed by atoms with Crippen LogP contribution in [0.15, 0.2) is 0 Å². The van der Waals surface area contributed by atoms with E-state index in [-0.39, 0.29) is 5.91 Å². The van der Waals surface area contributed by atoms with Gasteiger partial charge in [0.05, 0.1) is 0 Å². The number of anilines is 1. The Kier molecular flexibility index (Phi) is 6.17. The highest BCUT2D eigenvalue weighted by molar-refractivity contribution is 7.98. The lowest BCUT2D eigenvalue weighted by Crippen LogP contribution is -2.25. The van der Waals surface area contributed by atoms with Gasteiger partial charge < -0.3 is 10.6 Å². The van der Waals surface area contributed by atoms with Crippen molar-refractivity contribution in [2.75, 3.05) is 30.4 Å². The lowest BCUT2D eigenvalue weighted by Gasteiger charge is -1.99. The van der Waals surface area contributed by atoms with Gasteiger partial charge in [0, 0.05) is 18.8 Å². The third-order valence-corrected chi connectivity index (χ3v) is 3.23. The topological polar surface area (TPSA) is 66.9 Å². The van der Waals surface area contributed by atoms with E-state index in [2.05, 4.69) is 27.8 Å². The van der Waals surface area contributed by atoms with Gasteiger partial charge in [0.15, 0.2) is 0 Å². The van der Waals surface area contributed by atoms with Crippen molar-refractivity contribution in [3.63, 3.8) is 0 Å². The van der Waals surface area contributed by atoms with Crippen LogP contribution >= 0.6 is 23.1 Å². The largest absolute Gasteiger partial charge is 0.360 e. The minimum atomic E-state index is -0.143. The number of carbonyl (C=O) groups is 1. The summed E-state index contributed by atoms with van der Waals surface area (Å²) in [5.74, 6) is 0.766. The molecular formula is C9H16N4OS2. The first kappa shape index (κ1) is 13.2. The lowest BCUT2D eigenvalue weighted by atomic mass is 10.5. The Morgan fingerprint density at radius 1 is 1.44 bits per heavy atom. The molecule has 0 unspecified atom stereocenters. The van der Waals surface area contributed by atoms with Crippen LogP contribution in [0.5, 0.6) is 0 Å². The number of rotatable bonds is 7. The zero-order valence-electron chi connectivity index (χ0n) is 9.45. The minimum Gasteiger partial charge on any atom is -0.360 e. The number of hydrogen-bond donors (Lipinski definition) is 2. The maximum atomic E-state index is 11.6. The van der Waals surface area contributed by atoms with Crippen molar-refractivity contribution in [1.29, 1.82) is 0 Å². The predicted molar refractivity (Wildman–Crippen MR) is 69.4 cm³/mol. The molecule has 0 saturated carbocycles. The maximum absolute atomic E-state index is 11.6. The van der Waals surface area contributed by atoms with Crippen molar-refractivity contribution < 1.29 is 4.79 Å². The molecule has 0 aliphatic heterocycles. The van der Waals surface area contributed by atoms with Crippen LogP contribution in [0.2, 0.25) is 0 Å². The van der Waals surface area contributed by atoms with Crippen molar-refractivity contribution in [2.24, 2.45) is 0 Å². The highest BCUT2D eigenvalue weighted by Crippen LogP contribution is 2.14. The van der Waals surface area contributed by atoms with Gasteiger partial charge in [-0.3, -0.25) is 4.79 Å². The summed E-state index contributed by atoms with van der Waals surface area (Å²) in [6, 6.07) is 0. The molecule has 16 heavy (non-hydrogen) atoms. The SMILES string of the molecule is CCCNc1nnc(C(=O)NCCSC)s1. The summed E-state index contributed by atoms with van der Waals surface area (Å²) in [4.78, 5) is 11.6. The molecule has 1 aromatic rings. The van der Waals surface area contributed by atoms with Crippen molar-refractivity contribution in [3.05, 3.63) is 5.01 Å². The Balaban J connectivity index is 2.40. The van der Waals surface area contributed by atoms with Gasteiger partial charge in [0.25, 0.3) is 5.91 Å². The third kappa shape index (κ3) is 4.36. The molecule has 0 radical (unpaired) electrons. The lowest BCUT2D eigenvalue weighted by molar-refractivity contribution is 0.0955. The van der Waals surface area contributed by atoms with E-state index in [1.54, 1.807) is 11.8 Å². The normalized spacial score (nSPS) is 10.1. The van der Waals surface area contributed by atoms with E-state index in [9.17, 15) is 4.79 Å². The molecule has 1 amide bonds. The molecule has 0 bridgehead atoms. The summed E-state index contributed by atoms with van der Waals surface area (Å²) in [5.41, 5.74) is 0. The molecule has 0 spiro atoms. The van der Waals surface area contributed by atoms with Crippen LogP contribution in [0.25, 0.3) is 0 Å². The van der Waals surface area contributed by atoms with Crippen LogP contribution in [0.3, 0.4) is 0 Å². The quantitative estimate of drug-likeness (QED) is 0.726. The molecule has 0 aliphatic carbocycles. The van der Waals surface area contributed by atoms with Crippen LogP contribution in [0.1, 0.15) is 23.1 Å². The number of aromatic nitrogens is 2. The van der Waals surface area contributed by atoms with Crippen LogP contribution in [0.4, 0.5) is 5.13 Å². The van der Waals surface area contributed by atoms with E-state index in [0.717, 1.165) is 18.7 Å². The Morgan fingerprint density at radius 2 is 2.25 bits per heavy atom. The third-order valence-electron chi connectivity index (χ3n) is 1.74. The van der Waals surface area contributed by atoms with Gasteiger partial charge in [0.2, 0.25) is 10.1 Å². The van der Waals surface area contributed by atoms with E-state index < -0.39 is 0 Å². The monoisotopic (exact) mass is 260 g/mol. The molecule has 1 aromatic heterocycles. The summed E-state index contributed by atoms with van der Waals surface area (Å²) in [6.07, 6.45) is 3.03. The van der Waals surface area contributed by atoms with Gasteiger partial charge in [-0.15, -0.1) is 10.2 Å². The first-order valence-electron chi connectivity index (χ1n) is 5.12. The molecule has 0 saturated heterocycles. The molecule has 0 aromatic carbocycles. The van der Waals surface area contributed by atoms with E-state index in [4.69, 9.17) is 0 Å². The van der Waals surface area contributed by atoms with Crippen molar-refractivity contribution in [1.82, 2.24) is 15.5 Å². The van der Waals surface area contributed by atoms with Gasteiger partial charge in [-0.05, 0) is 12.7 Å². The molecule has 1 heterocycles. The molecule has 1 rings (SSSR count). The Bertz CT molecular complexity index is 329. The second-order valence-corrected chi connectivity index (χ2v) is 5.05. The molecule has 90 valence electrons. The number of nitrogens with one attached hydrogen (secondary N) is 2. The summed E-state index contributed by atoms with van der Waals surface area (Å²) in [7, 11) is 0. The van der Waals surface area contributed by atoms with Crippen LogP contribution < -0.4 is 10.6 Å². The number of carbonyl (C=O) groups excluding carboxylic acids is 1. The predicted octanol–water partition coefficient (Wildman–Crippen LogP) is 1.45. The second kappa shape index (κ2) is 7.45. The highest BCUT2D eigenvalue weighted by Gasteiger charge is 2.11. The zero-order valence-corrected chi connectivity index (χ0v) is 11.1. The van der Waals surface area contributed by atoms with Crippen LogP contribution in [0, 0.1) is 0 Å². The van der Waals surface area contributed by atoms with Gasteiger partial charge in [0.1, 0.15) is 0 Å². The standard InChI is InChI=1S/C9H16N4OS2/c1-3-4-11-9-13-12-8(16-9)7(14)10-5-6-15-2/h3-6H2,1-2H3,(H,10,14)(H,11,13). The number of nitrogens with zero attached hydrogens (tertiary/aromatic N) is 2. The molecule has 0 aliphatic rings. The van der Waals surface area contributed by atoms with Gasteiger partial charge >= 0.3 is 0 Å². The van der Waals surface area contributed by atoms with Crippen molar-refractivity contribution in [2.45, 2.75) is 13.3 Å². The van der Waals surface area contributed by atoms with Gasteiger partial charge in [-0.2, -0.15) is 11.8 Å². The van der Waals surface area contributed by atoms with Crippen molar-refractivity contribution in [3.8, 4) is 0 Å². The molecule has 5 nitrogen and oxygen atoms in total. The fourth-order valence-corrected chi connectivity index (χ4v) is 1.95. The fourth-order valence-electron chi connectivity index (χ4n) is 0.961. The summed E-state index contributed by atoms with van der Waals surface area (Å²) in [6.45, 7) is 3.59. The summed E-state index contributed by atoms with van der Waals surface area (Å²) < 4.78 is 0. The molecule has 7 heteroatoms.